The van der Waals surface area contributed by atoms with Crippen LogP contribution in [0.1, 0.15) is 11.4 Å². The van der Waals surface area contributed by atoms with E-state index >= 15 is 0 Å². The molecule has 24 aromatic rings. The second kappa shape index (κ2) is 41.9. The van der Waals surface area contributed by atoms with Gasteiger partial charge in [-0.2, -0.15) is 10.2 Å². The van der Waals surface area contributed by atoms with Crippen molar-refractivity contribution in [2.75, 3.05) is 0 Å². The van der Waals surface area contributed by atoms with E-state index in [1.807, 2.05) is 247 Å². The molecule has 0 saturated heterocycles. The minimum Gasteiger partial charge on any atom is -0.334 e. The fourth-order valence-electron chi connectivity index (χ4n) is 16.3. The molecule has 16 aromatic heterocycles. The van der Waals surface area contributed by atoms with Crippen molar-refractivity contribution in [2.45, 2.75) is 13.8 Å². The molecule has 0 amide bonds. The number of nitrogens with zero attached hydrogens (tertiary/aromatic N) is 20. The maximum absolute atomic E-state index is 14.3. The van der Waals surface area contributed by atoms with Crippen molar-refractivity contribution in [3.05, 3.63) is 442 Å². The Morgan fingerprint density at radius 1 is 0.246 bits per heavy atom. The summed E-state index contributed by atoms with van der Waals surface area (Å²) < 4.78 is 80.6. The summed E-state index contributed by atoms with van der Waals surface area (Å²) in [5.74, 6) is -2.68. The lowest BCUT2D eigenvalue weighted by atomic mass is 9.99. The fraction of sp³-hybridized carbons (Fsp3) is 0.0364. The number of aromatic nitrogens is 20. The summed E-state index contributed by atoms with van der Waals surface area (Å²) in [4.78, 5) is 52.3. The molecule has 32 heteroatoms. The van der Waals surface area contributed by atoms with Crippen LogP contribution in [0.2, 0.25) is 35.2 Å². The molecule has 24 rings (SSSR count). The Morgan fingerprint density at radius 3 is 1.13 bits per heavy atom. The first kappa shape index (κ1) is 94.8. The first-order valence-corrected chi connectivity index (χ1v) is 46.3. The van der Waals surface area contributed by atoms with E-state index in [2.05, 4.69) is 94.3 Å². The highest BCUT2D eigenvalue weighted by Gasteiger charge is 2.22. The molecular weight excluding hydrogens is 1940 g/mol. The van der Waals surface area contributed by atoms with E-state index in [9.17, 15) is 22.0 Å². The van der Waals surface area contributed by atoms with E-state index in [4.69, 9.17) is 81.2 Å². The lowest BCUT2D eigenvalue weighted by Crippen LogP contribution is -1.95. The maximum atomic E-state index is 14.3. The Kier molecular flexibility index (Phi) is 28.0. The highest BCUT2D eigenvalue weighted by molar-refractivity contribution is 6.36. The van der Waals surface area contributed by atoms with Crippen molar-refractivity contribution in [3.63, 3.8) is 0 Å². The monoisotopic (exact) mass is 2010 g/mol. The summed E-state index contributed by atoms with van der Waals surface area (Å²) in [5.41, 5.74) is 28.4. The van der Waals surface area contributed by atoms with Gasteiger partial charge in [0.1, 0.15) is 53.0 Å². The molecule has 20 nitrogen and oxygen atoms in total. The zero-order valence-corrected chi connectivity index (χ0v) is 80.4. The smallest absolute Gasteiger partial charge is 0.155 e. The van der Waals surface area contributed by atoms with Crippen molar-refractivity contribution in [3.8, 4) is 134 Å². The van der Waals surface area contributed by atoms with Crippen LogP contribution >= 0.6 is 81.2 Å². The normalized spacial score (nSPS) is 11.1. The third-order valence-corrected chi connectivity index (χ3v) is 25.0. The molecule has 0 unspecified atom stereocenters. The lowest BCUT2D eigenvalue weighted by molar-refractivity contribution is 0.585. The van der Waals surface area contributed by atoms with Crippen LogP contribution < -0.4 is 0 Å². The number of benzene rings is 8. The number of hydrogen-bond donors (Lipinski definition) is 0. The molecular formula is C110H72Cl7F5N20. The van der Waals surface area contributed by atoms with Crippen LogP contribution in [-0.2, 0) is 14.1 Å². The van der Waals surface area contributed by atoms with Gasteiger partial charge in [0, 0.05) is 215 Å². The van der Waals surface area contributed by atoms with Crippen molar-refractivity contribution in [1.29, 1.82) is 0 Å². The van der Waals surface area contributed by atoms with Gasteiger partial charge in [-0.15, -0.1) is 0 Å². The summed E-state index contributed by atoms with van der Waals surface area (Å²) >= 11 is 42.4. The Morgan fingerprint density at radius 2 is 0.641 bits per heavy atom. The minimum atomic E-state index is -0.796. The number of halogens is 12. The maximum Gasteiger partial charge on any atom is 0.155 e. The quantitative estimate of drug-likeness (QED) is 0.0824. The van der Waals surface area contributed by atoms with Crippen LogP contribution in [0, 0.1) is 42.9 Å². The first-order valence-electron chi connectivity index (χ1n) is 43.7. The molecule has 16 heterocycles. The molecule has 0 aliphatic rings. The van der Waals surface area contributed by atoms with Gasteiger partial charge in [-0.25, -0.2) is 60.9 Å². The van der Waals surface area contributed by atoms with Gasteiger partial charge in [-0.3, -0.25) is 29.9 Å². The summed E-state index contributed by atoms with van der Waals surface area (Å²) in [6, 6.07) is 79.4. The van der Waals surface area contributed by atoms with E-state index in [0.717, 1.165) is 163 Å². The first-order chi connectivity index (χ1) is 68.9. The van der Waals surface area contributed by atoms with Gasteiger partial charge < -0.3 is 17.9 Å². The van der Waals surface area contributed by atoms with Gasteiger partial charge >= 0.3 is 0 Å². The van der Waals surface area contributed by atoms with Gasteiger partial charge in [0.15, 0.2) is 11.3 Å². The number of aryl methyl sites for hydroxylation is 4. The second-order valence-corrected chi connectivity index (χ2v) is 35.3. The Hall–Kier alpha value is -16.1. The molecule has 142 heavy (non-hydrogen) atoms. The van der Waals surface area contributed by atoms with E-state index in [0.29, 0.717) is 53.3 Å². The largest absolute Gasteiger partial charge is 0.334 e. The predicted octanol–water partition coefficient (Wildman–Crippen LogP) is 29.5. The van der Waals surface area contributed by atoms with Crippen LogP contribution in [0.15, 0.2) is 367 Å². The highest BCUT2D eigenvalue weighted by Crippen LogP contribution is 2.42. The third-order valence-electron chi connectivity index (χ3n) is 23.2. The number of pyridine rings is 10. The molecule has 0 spiro atoms. The summed E-state index contributed by atoms with van der Waals surface area (Å²) in [7, 11) is 3.96. The molecule has 0 fully saturated rings. The molecule has 0 saturated carbocycles. The van der Waals surface area contributed by atoms with Crippen LogP contribution in [0.4, 0.5) is 22.0 Å². The fourth-order valence-corrected chi connectivity index (χ4v) is 17.6. The van der Waals surface area contributed by atoms with Crippen molar-refractivity contribution < 1.29 is 22.0 Å². The number of hydrogen-bond acceptors (Lipinski definition) is 14. The summed E-state index contributed by atoms with van der Waals surface area (Å²) in [6.45, 7) is 3.94. The van der Waals surface area contributed by atoms with E-state index in [1.165, 1.54) is 49.1 Å². The average Bonchev–Trinajstić information content (AvgIpc) is 1.40. The Bertz CT molecular complexity index is 8840. The minimum absolute atomic E-state index is 0.0891. The van der Waals surface area contributed by atoms with Crippen LogP contribution in [-0.4, -0.2) is 97.0 Å². The van der Waals surface area contributed by atoms with Crippen LogP contribution in [0.25, 0.3) is 179 Å². The molecule has 0 aliphatic heterocycles. The summed E-state index contributed by atoms with van der Waals surface area (Å²) in [6.07, 6.45) is 28.1. The Labute approximate surface area is 843 Å². The highest BCUT2D eigenvalue weighted by atomic mass is 35.5. The lowest BCUT2D eigenvalue weighted by Gasteiger charge is -2.11. The second-order valence-electron chi connectivity index (χ2n) is 32.4. The van der Waals surface area contributed by atoms with Crippen LogP contribution in [0.3, 0.4) is 0 Å². The van der Waals surface area contributed by atoms with E-state index in [1.54, 1.807) is 95.0 Å². The molecule has 696 valence electrons. The molecule has 8 aromatic carbocycles. The average molecular weight is 2020 g/mol. The van der Waals surface area contributed by atoms with Gasteiger partial charge in [0.2, 0.25) is 0 Å². The molecule has 0 bridgehead atoms. The van der Waals surface area contributed by atoms with E-state index in [-0.39, 0.29) is 21.4 Å². The van der Waals surface area contributed by atoms with Gasteiger partial charge in [0.05, 0.1) is 84.0 Å². The van der Waals surface area contributed by atoms with Gasteiger partial charge in [0.25, 0.3) is 0 Å². The zero-order chi connectivity index (χ0) is 98.3. The van der Waals surface area contributed by atoms with Gasteiger partial charge in [-0.05, 0) is 225 Å². The Balaban J connectivity index is 0.000000108. The topological polar surface area (TPSA) is 208 Å². The molecule has 0 radical (unpaired) electrons. The number of rotatable bonds is 12. The van der Waals surface area contributed by atoms with Crippen molar-refractivity contribution >= 4 is 126 Å². The van der Waals surface area contributed by atoms with E-state index < -0.39 is 23.3 Å². The summed E-state index contributed by atoms with van der Waals surface area (Å²) in [5, 5.41) is 11.0. The predicted molar refractivity (Wildman–Crippen MR) is 554 cm³/mol. The zero-order valence-electron chi connectivity index (χ0n) is 75.1. The molecule has 0 N–H and O–H groups in total. The standard InChI is InChI=1S/C19H12ClF2N3.2C19H13ClFN3.C19H14ClN3.C17H10Cl2N4.C17H10ClFN4/c1-11-9-24-18-5-4-12(10-25(11)18)13-3-2-6-23-19(13)14-7-15(20)17(22)8-16(14)21;1-12-10-23-18-7-4-13(11-24(12)18)15-3-2-8-22-19(15)16-9-14(20)5-6-17(16)21;1-24-11-23-17-7-5-12(10-18(17)24)14-3-2-8-22-19(14)13-4-6-16(21)15(20)9-13;1-23-12-22-17-8-7-13(11-18(17)23)16-6-3-9-21-19(16)14-4-2-5-15(20)10-14;18-12-4-5-15(19)14(8-12)17-13(2-1-7-20-17)11-3-6-16-21-10-22-23(16)9-11;18-13-6-12(7-14(19)8-13)17-15(2-1-5-20-17)11-3-4-16-21-10-22-23(16)9-11/h2-10H,1H3;2*2-11H,1H3;2-12H,1H3;2*1-10H. The molecule has 0 atom stereocenters. The number of imidazole rings is 4. The van der Waals surface area contributed by atoms with Crippen molar-refractivity contribution in [1.82, 2.24) is 97.0 Å². The van der Waals surface area contributed by atoms with Gasteiger partial charge in [-0.1, -0.05) is 142 Å². The van der Waals surface area contributed by atoms with Crippen molar-refractivity contribution in [2.24, 2.45) is 14.1 Å². The number of fused-ring (bicyclic) bond motifs is 6. The molecule has 0 aliphatic carbocycles. The van der Waals surface area contributed by atoms with Crippen LogP contribution in [0.5, 0.6) is 0 Å². The SMILES string of the molecule is Cc1cnc2ccc(-c3cccnc3-c3cc(Cl)c(F)cc3F)cn12.Cc1cnc2ccc(-c3cccnc3-c3cc(Cl)ccc3F)cn12.Clc1ccc(Cl)c(-c2ncccc2-c2ccc3ncnn3c2)c1.Cn1cnc2ccc(-c3cccnc3-c3ccc(F)c(Cl)c3)cc21.Cn1cnc2ccc(-c3cccnc3-c3cccc(Cl)c3)cc21.Fc1cc(Cl)cc(-c2ncccc2-c2ccc3ncnn3c2)c1. The third kappa shape index (κ3) is 20.7.